The van der Waals surface area contributed by atoms with Gasteiger partial charge in [0.15, 0.2) is 0 Å². The molecule has 0 saturated heterocycles. The molecule has 2 unspecified atom stereocenters. The van der Waals surface area contributed by atoms with Crippen molar-refractivity contribution in [2.45, 2.75) is 38.5 Å². The Bertz CT molecular complexity index is 467. The molecule has 2 atom stereocenters. The number of rotatable bonds is 0. The van der Waals surface area contributed by atoms with Gasteiger partial charge < -0.3 is 0 Å². The third kappa shape index (κ3) is 2.08. The van der Waals surface area contributed by atoms with E-state index in [1.807, 2.05) is 0 Å². The smallest absolute Gasteiger partial charge is 0.0124 e. The average molecular weight is 236 g/mol. The molecule has 4 aliphatic carbocycles. The molecule has 0 N–H and O–H groups in total. The van der Waals surface area contributed by atoms with Crippen molar-refractivity contribution in [2.24, 2.45) is 0 Å². The standard InChI is InChI=1S/C18H20/c1-13-14(2)18-11-7-16(8-12-18)4-3-15-5-9-17(13)10-6-15/h5-14H,3-4H2,1-2H3. The molecule has 92 valence electrons. The van der Waals surface area contributed by atoms with Crippen LogP contribution in [-0.4, -0.2) is 0 Å². The lowest BCUT2D eigenvalue weighted by molar-refractivity contribution is 0.622. The normalized spacial score (nSPS) is 22.6. The quantitative estimate of drug-likeness (QED) is 0.622. The van der Waals surface area contributed by atoms with E-state index in [1.165, 1.54) is 22.3 Å². The average Bonchev–Trinajstić information content (AvgIpc) is 2.43. The van der Waals surface area contributed by atoms with E-state index in [-0.39, 0.29) is 0 Å². The molecule has 4 aliphatic rings. The first-order valence-corrected chi connectivity index (χ1v) is 6.92. The van der Waals surface area contributed by atoms with E-state index in [0.29, 0.717) is 11.8 Å². The summed E-state index contributed by atoms with van der Waals surface area (Å²) in [6.45, 7) is 4.67. The van der Waals surface area contributed by atoms with Gasteiger partial charge in [-0.1, -0.05) is 62.4 Å². The molecule has 0 amide bonds. The Hall–Kier alpha value is -1.56. The van der Waals surface area contributed by atoms with Crippen LogP contribution in [0.2, 0.25) is 0 Å². The van der Waals surface area contributed by atoms with Gasteiger partial charge in [0.2, 0.25) is 0 Å². The molecule has 2 aromatic carbocycles. The highest BCUT2D eigenvalue weighted by atomic mass is 14.2. The molecule has 0 heteroatoms. The lowest BCUT2D eigenvalue weighted by Crippen LogP contribution is -2.06. The van der Waals surface area contributed by atoms with Crippen molar-refractivity contribution in [3.8, 4) is 0 Å². The van der Waals surface area contributed by atoms with Crippen LogP contribution in [0, 0.1) is 0 Å². The molecule has 18 heavy (non-hydrogen) atoms. The monoisotopic (exact) mass is 236 g/mol. The SMILES string of the molecule is CC1c2ccc(cc2)CCc2ccc(cc2)C1C. The Kier molecular flexibility index (Phi) is 2.95. The predicted octanol–water partition coefficient (Wildman–Crippen LogP) is 4.69. The maximum absolute atomic E-state index is 2.33. The van der Waals surface area contributed by atoms with Crippen LogP contribution in [0.15, 0.2) is 48.5 Å². The molecular weight excluding hydrogens is 216 g/mol. The van der Waals surface area contributed by atoms with Gasteiger partial charge in [0.05, 0.1) is 0 Å². The minimum atomic E-state index is 0.573. The highest BCUT2D eigenvalue weighted by Gasteiger charge is 2.16. The fraction of sp³-hybridized carbons (Fsp3) is 0.333. The molecule has 0 aliphatic heterocycles. The minimum Gasteiger partial charge on any atom is -0.0587 e. The van der Waals surface area contributed by atoms with Crippen molar-refractivity contribution in [1.29, 1.82) is 0 Å². The Morgan fingerprint density at radius 2 is 0.944 bits per heavy atom. The van der Waals surface area contributed by atoms with E-state index < -0.39 is 0 Å². The van der Waals surface area contributed by atoms with Crippen molar-refractivity contribution in [3.63, 3.8) is 0 Å². The Morgan fingerprint density at radius 3 is 1.28 bits per heavy atom. The van der Waals surface area contributed by atoms with Crippen LogP contribution in [0.3, 0.4) is 0 Å². The zero-order valence-electron chi connectivity index (χ0n) is 11.2. The summed E-state index contributed by atoms with van der Waals surface area (Å²) in [7, 11) is 0. The molecule has 0 fully saturated rings. The minimum absolute atomic E-state index is 0.573. The Balaban J connectivity index is 2.07. The van der Waals surface area contributed by atoms with Gasteiger partial charge in [0.1, 0.15) is 0 Å². The summed E-state index contributed by atoms with van der Waals surface area (Å²) in [5.74, 6) is 1.15. The van der Waals surface area contributed by atoms with E-state index in [4.69, 9.17) is 0 Å². The van der Waals surface area contributed by atoms with Gasteiger partial charge in [0, 0.05) is 0 Å². The molecule has 6 rings (SSSR count). The van der Waals surface area contributed by atoms with Crippen molar-refractivity contribution in [3.05, 3.63) is 70.8 Å². The second-order valence-electron chi connectivity index (χ2n) is 5.56. The molecule has 2 aromatic rings. The molecule has 0 nitrogen and oxygen atoms in total. The highest BCUT2D eigenvalue weighted by molar-refractivity contribution is 5.33. The van der Waals surface area contributed by atoms with E-state index >= 15 is 0 Å². The van der Waals surface area contributed by atoms with Gasteiger partial charge in [-0.2, -0.15) is 0 Å². The first-order valence-electron chi connectivity index (χ1n) is 6.92. The summed E-state index contributed by atoms with van der Waals surface area (Å²) in [5.41, 5.74) is 5.80. The second-order valence-corrected chi connectivity index (χ2v) is 5.56. The van der Waals surface area contributed by atoms with Crippen LogP contribution < -0.4 is 0 Å². The van der Waals surface area contributed by atoms with Crippen LogP contribution >= 0.6 is 0 Å². The summed E-state index contributed by atoms with van der Waals surface area (Å²) >= 11 is 0. The van der Waals surface area contributed by atoms with E-state index in [2.05, 4.69) is 62.4 Å². The fourth-order valence-corrected chi connectivity index (χ4v) is 2.84. The third-order valence-corrected chi connectivity index (χ3v) is 4.46. The molecule has 0 aromatic heterocycles. The van der Waals surface area contributed by atoms with Gasteiger partial charge in [-0.05, 0) is 46.9 Å². The first kappa shape index (κ1) is 11.5. The van der Waals surface area contributed by atoms with Crippen LogP contribution in [0.4, 0.5) is 0 Å². The van der Waals surface area contributed by atoms with E-state index in [9.17, 15) is 0 Å². The lowest BCUT2D eigenvalue weighted by Gasteiger charge is -2.22. The number of hydrogen-bond donors (Lipinski definition) is 0. The summed E-state index contributed by atoms with van der Waals surface area (Å²) in [5, 5.41) is 0. The maximum atomic E-state index is 2.33. The Morgan fingerprint density at radius 1 is 0.611 bits per heavy atom. The first-order chi connectivity index (χ1) is 8.74. The van der Waals surface area contributed by atoms with Gasteiger partial charge in [0.25, 0.3) is 0 Å². The van der Waals surface area contributed by atoms with Gasteiger partial charge in [-0.3, -0.25) is 0 Å². The number of hydrogen-bond acceptors (Lipinski definition) is 0. The zero-order valence-corrected chi connectivity index (χ0v) is 11.2. The van der Waals surface area contributed by atoms with E-state index in [1.54, 1.807) is 0 Å². The maximum Gasteiger partial charge on any atom is -0.0124 e. The topological polar surface area (TPSA) is 0 Å². The van der Waals surface area contributed by atoms with Crippen molar-refractivity contribution in [1.82, 2.24) is 0 Å². The third-order valence-electron chi connectivity index (χ3n) is 4.46. The van der Waals surface area contributed by atoms with Crippen LogP contribution in [0.25, 0.3) is 0 Å². The fourth-order valence-electron chi connectivity index (χ4n) is 2.84. The van der Waals surface area contributed by atoms with Gasteiger partial charge in [-0.25, -0.2) is 0 Å². The summed E-state index contributed by atoms with van der Waals surface area (Å²) in [4.78, 5) is 0. The van der Waals surface area contributed by atoms with Crippen molar-refractivity contribution < 1.29 is 0 Å². The second kappa shape index (κ2) is 4.61. The van der Waals surface area contributed by atoms with E-state index in [0.717, 1.165) is 12.8 Å². The van der Waals surface area contributed by atoms with Gasteiger partial charge >= 0.3 is 0 Å². The number of aryl methyl sites for hydroxylation is 2. The molecule has 0 heterocycles. The van der Waals surface area contributed by atoms with Crippen LogP contribution in [-0.2, 0) is 12.8 Å². The summed E-state index contributed by atoms with van der Waals surface area (Å²) in [6, 6.07) is 18.4. The largest absolute Gasteiger partial charge is 0.0587 e. The molecule has 0 radical (unpaired) electrons. The van der Waals surface area contributed by atoms with Gasteiger partial charge in [-0.15, -0.1) is 0 Å². The molecule has 0 spiro atoms. The Labute approximate surface area is 110 Å². The lowest BCUT2D eigenvalue weighted by atomic mass is 9.82. The summed E-state index contributed by atoms with van der Waals surface area (Å²) < 4.78 is 0. The molecular formula is C18H20. The van der Waals surface area contributed by atoms with Crippen LogP contribution in [0.5, 0.6) is 0 Å². The zero-order chi connectivity index (χ0) is 12.5. The highest BCUT2D eigenvalue weighted by Crippen LogP contribution is 2.33. The molecule has 4 bridgehead atoms. The van der Waals surface area contributed by atoms with Crippen LogP contribution in [0.1, 0.15) is 47.9 Å². The predicted molar refractivity (Wildman–Crippen MR) is 77.1 cm³/mol. The van der Waals surface area contributed by atoms with Crippen molar-refractivity contribution in [2.75, 3.05) is 0 Å². The van der Waals surface area contributed by atoms with Crippen molar-refractivity contribution >= 4 is 0 Å². The molecule has 0 saturated carbocycles. The number of benzene rings is 2. The summed E-state index contributed by atoms with van der Waals surface area (Å²) in [6.07, 6.45) is 2.28.